The van der Waals surface area contributed by atoms with Crippen molar-refractivity contribution in [1.82, 2.24) is 9.97 Å². The number of halogens is 6. The van der Waals surface area contributed by atoms with Gasteiger partial charge in [0.15, 0.2) is 0 Å². The SMILES string of the molecule is N#CN=C1c2cc(-c3cccc(C(F)(F)F)c3)ccc2-c2nc3c(nc21)C1C=CC(c2ccc(C(F)(F)F)cc2)=CC1C3=NC#N. The Labute approximate surface area is 257 Å². The van der Waals surface area contributed by atoms with Gasteiger partial charge in [0.05, 0.1) is 28.2 Å². The summed E-state index contributed by atoms with van der Waals surface area (Å²) in [5.74, 6) is -0.899. The smallest absolute Gasteiger partial charge is 0.246 e. The molecule has 0 spiro atoms. The van der Waals surface area contributed by atoms with E-state index in [1.54, 1.807) is 36.5 Å². The van der Waals surface area contributed by atoms with Gasteiger partial charge >= 0.3 is 12.4 Å². The molecule has 1 heterocycles. The molecule has 0 saturated carbocycles. The van der Waals surface area contributed by atoms with Crippen LogP contribution in [0.3, 0.4) is 0 Å². The summed E-state index contributed by atoms with van der Waals surface area (Å²) in [6.45, 7) is 0. The first kappa shape index (κ1) is 28.9. The maximum absolute atomic E-state index is 13.4. The fourth-order valence-electron chi connectivity index (χ4n) is 6.09. The molecule has 0 N–H and O–H groups in total. The number of hydrogen-bond acceptors (Lipinski definition) is 6. The second-order valence-electron chi connectivity index (χ2n) is 10.8. The summed E-state index contributed by atoms with van der Waals surface area (Å²) in [5.41, 5.74) is 3.49. The van der Waals surface area contributed by atoms with Crippen molar-refractivity contribution < 1.29 is 26.3 Å². The Morgan fingerprint density at radius 1 is 0.652 bits per heavy atom. The molecule has 46 heavy (non-hydrogen) atoms. The molecule has 0 fully saturated rings. The van der Waals surface area contributed by atoms with E-state index in [4.69, 9.17) is 9.97 Å². The first-order chi connectivity index (χ1) is 22.0. The van der Waals surface area contributed by atoms with Gasteiger partial charge in [-0.2, -0.15) is 46.9 Å². The van der Waals surface area contributed by atoms with E-state index >= 15 is 0 Å². The van der Waals surface area contributed by atoms with Crippen molar-refractivity contribution in [1.29, 1.82) is 10.5 Å². The summed E-state index contributed by atoms with van der Waals surface area (Å²) in [6.07, 6.45) is 0.00989. The van der Waals surface area contributed by atoms with Crippen LogP contribution in [-0.4, -0.2) is 21.4 Å². The van der Waals surface area contributed by atoms with Crippen LogP contribution in [0.2, 0.25) is 0 Å². The summed E-state index contributed by atoms with van der Waals surface area (Å²) >= 11 is 0. The number of nitriles is 2. The highest BCUT2D eigenvalue weighted by Gasteiger charge is 2.43. The van der Waals surface area contributed by atoms with Crippen molar-refractivity contribution in [2.24, 2.45) is 15.9 Å². The van der Waals surface area contributed by atoms with Gasteiger partial charge < -0.3 is 0 Å². The third-order valence-electron chi connectivity index (χ3n) is 8.18. The summed E-state index contributed by atoms with van der Waals surface area (Å²) < 4.78 is 79.4. The summed E-state index contributed by atoms with van der Waals surface area (Å²) in [7, 11) is 0. The molecule has 0 radical (unpaired) electrons. The number of allylic oxidation sites excluding steroid dienone is 4. The number of hydrogen-bond donors (Lipinski definition) is 0. The molecular formula is C34H16F6N6. The van der Waals surface area contributed by atoms with E-state index in [0.717, 1.165) is 24.3 Å². The molecule has 3 aromatic carbocycles. The molecule has 224 valence electrons. The largest absolute Gasteiger partial charge is 0.416 e. The van der Waals surface area contributed by atoms with Crippen LogP contribution >= 0.6 is 0 Å². The van der Waals surface area contributed by atoms with Crippen LogP contribution in [0.4, 0.5) is 26.3 Å². The van der Waals surface area contributed by atoms with Crippen LogP contribution in [0, 0.1) is 28.8 Å². The van der Waals surface area contributed by atoms with Gasteiger partial charge in [-0.15, -0.1) is 0 Å². The Bertz CT molecular complexity index is 2160. The molecule has 6 nitrogen and oxygen atoms in total. The standard InChI is InChI=1S/C34H16F6N6/c35-33(36,37)21-8-4-17(5-9-21)19-6-10-23-25(13-19)27(43-15-41)31-29(23)45-32-28(44-16-42)26-14-20(7-11-24(26)30(32)46-31)18-2-1-3-22(12-18)34(38,39)40/h1-14,23,25H. The lowest BCUT2D eigenvalue weighted by atomic mass is 9.84. The summed E-state index contributed by atoms with van der Waals surface area (Å²) in [4.78, 5) is 17.8. The monoisotopic (exact) mass is 622 g/mol. The molecule has 7 rings (SSSR count). The topological polar surface area (TPSA) is 98.1 Å². The Hall–Kier alpha value is -5.88. The van der Waals surface area contributed by atoms with Crippen molar-refractivity contribution in [3.8, 4) is 34.8 Å². The van der Waals surface area contributed by atoms with Crippen molar-refractivity contribution in [2.75, 3.05) is 0 Å². The maximum Gasteiger partial charge on any atom is 0.416 e. The highest BCUT2D eigenvalue weighted by molar-refractivity contribution is 6.24. The summed E-state index contributed by atoms with van der Waals surface area (Å²) in [5, 5.41) is 19.1. The third kappa shape index (κ3) is 4.66. The number of alkyl halides is 6. The molecule has 4 aromatic rings. The molecule has 0 amide bonds. The zero-order valence-electron chi connectivity index (χ0n) is 23.2. The van der Waals surface area contributed by atoms with Crippen molar-refractivity contribution in [2.45, 2.75) is 18.3 Å². The number of nitrogens with zero attached hydrogens (tertiary/aromatic N) is 6. The van der Waals surface area contributed by atoms with Gasteiger partial charge in [-0.05, 0) is 52.6 Å². The lowest BCUT2D eigenvalue weighted by molar-refractivity contribution is -0.138. The van der Waals surface area contributed by atoms with Crippen molar-refractivity contribution in [3.05, 3.63) is 124 Å². The molecule has 0 bridgehead atoms. The van der Waals surface area contributed by atoms with Gasteiger partial charge in [-0.3, -0.25) is 0 Å². The van der Waals surface area contributed by atoms with Gasteiger partial charge in [0, 0.05) is 23.0 Å². The van der Waals surface area contributed by atoms with Gasteiger partial charge in [0.1, 0.15) is 17.1 Å². The Balaban J connectivity index is 1.30. The fourth-order valence-corrected chi connectivity index (χ4v) is 6.09. The average Bonchev–Trinajstić information content (AvgIpc) is 3.50. The highest BCUT2D eigenvalue weighted by atomic mass is 19.4. The van der Waals surface area contributed by atoms with Gasteiger partial charge in [0.2, 0.25) is 12.4 Å². The van der Waals surface area contributed by atoms with Gasteiger partial charge in [-0.25, -0.2) is 9.97 Å². The average molecular weight is 623 g/mol. The Kier molecular flexibility index (Phi) is 6.49. The number of benzene rings is 3. The van der Waals surface area contributed by atoms with E-state index < -0.39 is 35.3 Å². The molecule has 0 aliphatic heterocycles. The van der Waals surface area contributed by atoms with E-state index in [1.165, 1.54) is 18.2 Å². The molecule has 2 unspecified atom stereocenters. The van der Waals surface area contributed by atoms with Gasteiger partial charge in [0.25, 0.3) is 0 Å². The number of rotatable bonds is 2. The van der Waals surface area contributed by atoms with Crippen LogP contribution in [0.1, 0.15) is 45.3 Å². The third-order valence-corrected chi connectivity index (χ3v) is 8.18. The Morgan fingerprint density at radius 3 is 2.04 bits per heavy atom. The molecule has 0 saturated heterocycles. The maximum atomic E-state index is 13.4. The van der Waals surface area contributed by atoms with E-state index in [2.05, 4.69) is 9.98 Å². The second kappa shape index (κ2) is 10.3. The molecule has 12 heteroatoms. The van der Waals surface area contributed by atoms with E-state index in [0.29, 0.717) is 61.9 Å². The van der Waals surface area contributed by atoms with Crippen LogP contribution < -0.4 is 0 Å². The normalized spacial score (nSPS) is 19.6. The molecule has 1 aromatic heterocycles. The van der Waals surface area contributed by atoms with Crippen molar-refractivity contribution in [3.63, 3.8) is 0 Å². The van der Waals surface area contributed by atoms with E-state index in [1.807, 2.05) is 18.3 Å². The molecular weight excluding hydrogens is 606 g/mol. The minimum atomic E-state index is -4.52. The molecule has 3 aliphatic carbocycles. The predicted octanol–water partition coefficient (Wildman–Crippen LogP) is 8.12. The summed E-state index contributed by atoms with van der Waals surface area (Å²) in [6, 6.07) is 14.6. The van der Waals surface area contributed by atoms with E-state index in [-0.39, 0.29) is 5.71 Å². The zero-order chi connectivity index (χ0) is 32.4. The first-order valence-corrected chi connectivity index (χ1v) is 13.7. The van der Waals surface area contributed by atoms with Crippen LogP contribution in [0.25, 0.3) is 28.0 Å². The van der Waals surface area contributed by atoms with Gasteiger partial charge in [-0.1, -0.05) is 54.6 Å². The number of fused-ring (bicyclic) bond motifs is 6. The Morgan fingerprint density at radius 2 is 1.35 bits per heavy atom. The number of aromatic nitrogens is 2. The lowest BCUT2D eigenvalue weighted by Gasteiger charge is -2.19. The minimum absolute atomic E-state index is 0.208. The first-order valence-electron chi connectivity index (χ1n) is 13.7. The quantitative estimate of drug-likeness (QED) is 0.147. The van der Waals surface area contributed by atoms with Crippen LogP contribution in [-0.2, 0) is 12.4 Å². The number of aliphatic imine (C=N–C) groups is 2. The van der Waals surface area contributed by atoms with Crippen LogP contribution in [0.5, 0.6) is 0 Å². The highest BCUT2D eigenvalue weighted by Crippen LogP contribution is 2.46. The van der Waals surface area contributed by atoms with Crippen LogP contribution in [0.15, 0.2) is 94.9 Å². The van der Waals surface area contributed by atoms with E-state index in [9.17, 15) is 36.9 Å². The minimum Gasteiger partial charge on any atom is -0.246 e. The molecule has 3 aliphatic rings. The zero-order valence-corrected chi connectivity index (χ0v) is 23.2. The second-order valence-corrected chi connectivity index (χ2v) is 10.8. The molecule has 2 atom stereocenters. The fraction of sp³-hybridized carbons (Fsp3) is 0.118. The lowest BCUT2D eigenvalue weighted by Crippen LogP contribution is -2.14. The predicted molar refractivity (Wildman–Crippen MR) is 156 cm³/mol. The van der Waals surface area contributed by atoms with Crippen molar-refractivity contribution >= 4 is 17.0 Å².